The molecule has 0 heterocycles. The summed E-state index contributed by atoms with van der Waals surface area (Å²) in [4.78, 5) is 35.1. The van der Waals surface area contributed by atoms with Crippen LogP contribution in [0.4, 0.5) is 0 Å². The second kappa shape index (κ2) is 8.84. The molecule has 0 fully saturated rings. The molecule has 0 spiro atoms. The Kier molecular flexibility index (Phi) is 6.54. The third-order valence-corrected chi connectivity index (χ3v) is 3.68. The van der Waals surface area contributed by atoms with Gasteiger partial charge in [-0.05, 0) is 29.8 Å². The Morgan fingerprint density at radius 1 is 1.00 bits per heavy atom. The lowest BCUT2D eigenvalue weighted by Gasteiger charge is -2.15. The highest BCUT2D eigenvalue weighted by Crippen LogP contribution is 2.11. The van der Waals surface area contributed by atoms with Crippen molar-refractivity contribution in [2.24, 2.45) is 0 Å². The van der Waals surface area contributed by atoms with Gasteiger partial charge in [-0.1, -0.05) is 41.9 Å². The van der Waals surface area contributed by atoms with Crippen LogP contribution in [0.2, 0.25) is 5.02 Å². The van der Waals surface area contributed by atoms with Crippen LogP contribution < -0.4 is 10.6 Å². The summed E-state index contributed by atoms with van der Waals surface area (Å²) in [5.41, 5.74) is 1.15. The number of carboxylic acid groups (broad SMARTS) is 1. The molecule has 0 aliphatic heterocycles. The van der Waals surface area contributed by atoms with E-state index in [9.17, 15) is 19.5 Å². The second-order valence-electron chi connectivity index (χ2n) is 5.34. The van der Waals surface area contributed by atoms with E-state index in [1.165, 1.54) is 0 Å². The molecule has 7 heteroatoms. The van der Waals surface area contributed by atoms with Crippen LogP contribution in [-0.2, 0) is 16.0 Å². The number of carbonyl (C=O) groups excluding carboxylic acids is 2. The lowest BCUT2D eigenvalue weighted by atomic mass is 10.1. The van der Waals surface area contributed by atoms with Crippen molar-refractivity contribution in [3.8, 4) is 0 Å². The van der Waals surface area contributed by atoms with Gasteiger partial charge in [-0.2, -0.15) is 0 Å². The standard InChI is InChI=1S/C18H17ClN2O4/c19-14-8-6-12(7-9-14)10-15(18(24)25)21-16(22)11-20-17(23)13-4-2-1-3-5-13/h1-9,15H,10-11H2,(H,20,23)(H,21,22)(H,24,25)/t15-/m0/s1. The molecule has 0 radical (unpaired) electrons. The van der Waals surface area contributed by atoms with Crippen molar-refractivity contribution >= 4 is 29.4 Å². The molecule has 0 aliphatic carbocycles. The molecule has 1 atom stereocenters. The highest BCUT2D eigenvalue weighted by Gasteiger charge is 2.20. The number of rotatable bonds is 7. The second-order valence-corrected chi connectivity index (χ2v) is 5.77. The summed E-state index contributed by atoms with van der Waals surface area (Å²) in [7, 11) is 0. The van der Waals surface area contributed by atoms with Crippen molar-refractivity contribution in [2.75, 3.05) is 6.54 Å². The summed E-state index contributed by atoms with van der Waals surface area (Å²) >= 11 is 5.79. The molecule has 0 unspecified atom stereocenters. The molecule has 2 amide bonds. The van der Waals surface area contributed by atoms with Gasteiger partial charge in [0.25, 0.3) is 5.91 Å². The van der Waals surface area contributed by atoms with E-state index in [1.807, 2.05) is 0 Å². The van der Waals surface area contributed by atoms with Gasteiger partial charge in [0.1, 0.15) is 6.04 Å². The van der Waals surface area contributed by atoms with Gasteiger partial charge in [0.05, 0.1) is 6.54 Å². The van der Waals surface area contributed by atoms with Gasteiger partial charge in [-0.25, -0.2) is 4.79 Å². The zero-order valence-corrected chi connectivity index (χ0v) is 14.0. The van der Waals surface area contributed by atoms with Gasteiger partial charge in [0.2, 0.25) is 5.91 Å². The van der Waals surface area contributed by atoms with Crippen LogP contribution >= 0.6 is 11.6 Å². The predicted octanol–water partition coefficient (Wildman–Crippen LogP) is 1.88. The molecule has 2 aromatic carbocycles. The van der Waals surface area contributed by atoms with E-state index >= 15 is 0 Å². The van der Waals surface area contributed by atoms with Crippen LogP contribution in [0.15, 0.2) is 54.6 Å². The number of nitrogens with one attached hydrogen (secondary N) is 2. The topological polar surface area (TPSA) is 95.5 Å². The van der Waals surface area contributed by atoms with Crippen LogP contribution in [0.25, 0.3) is 0 Å². The fourth-order valence-corrected chi connectivity index (χ4v) is 2.28. The molecule has 0 aliphatic rings. The Balaban J connectivity index is 1.88. The summed E-state index contributed by atoms with van der Waals surface area (Å²) < 4.78 is 0. The minimum atomic E-state index is -1.15. The Bertz CT molecular complexity index is 747. The van der Waals surface area contributed by atoms with Gasteiger partial charge >= 0.3 is 5.97 Å². The van der Waals surface area contributed by atoms with Crippen molar-refractivity contribution in [1.82, 2.24) is 10.6 Å². The summed E-state index contributed by atoms with van der Waals surface area (Å²) in [6.07, 6.45) is 0.116. The monoisotopic (exact) mass is 360 g/mol. The summed E-state index contributed by atoms with van der Waals surface area (Å²) in [5, 5.41) is 14.7. The molecule has 0 saturated carbocycles. The summed E-state index contributed by atoms with van der Waals surface area (Å²) in [6.45, 7) is -0.307. The maximum absolute atomic E-state index is 11.9. The highest BCUT2D eigenvalue weighted by atomic mass is 35.5. The average molecular weight is 361 g/mol. The quantitative estimate of drug-likeness (QED) is 0.702. The van der Waals surface area contributed by atoms with Crippen molar-refractivity contribution in [3.05, 3.63) is 70.7 Å². The zero-order valence-electron chi connectivity index (χ0n) is 13.2. The van der Waals surface area contributed by atoms with E-state index in [1.54, 1.807) is 54.6 Å². The normalized spacial score (nSPS) is 11.4. The van der Waals surface area contributed by atoms with Crippen LogP contribution in [0.3, 0.4) is 0 Å². The van der Waals surface area contributed by atoms with E-state index in [-0.39, 0.29) is 13.0 Å². The molecule has 2 aromatic rings. The molecule has 3 N–H and O–H groups in total. The molecule has 0 saturated heterocycles. The largest absolute Gasteiger partial charge is 0.480 e. The smallest absolute Gasteiger partial charge is 0.326 e. The zero-order chi connectivity index (χ0) is 18.2. The van der Waals surface area contributed by atoms with E-state index in [4.69, 9.17) is 11.6 Å². The van der Waals surface area contributed by atoms with Gasteiger partial charge < -0.3 is 15.7 Å². The summed E-state index contributed by atoms with van der Waals surface area (Å²) in [6, 6.07) is 14.0. The average Bonchev–Trinajstić information content (AvgIpc) is 2.61. The van der Waals surface area contributed by atoms with Crippen molar-refractivity contribution in [2.45, 2.75) is 12.5 Å². The van der Waals surface area contributed by atoms with Crippen molar-refractivity contribution in [3.63, 3.8) is 0 Å². The minimum Gasteiger partial charge on any atom is -0.480 e. The molecular weight excluding hydrogens is 344 g/mol. The molecular formula is C18H17ClN2O4. The number of aliphatic carboxylic acids is 1. The first kappa shape index (κ1) is 18.5. The molecule has 0 bridgehead atoms. The first-order chi connectivity index (χ1) is 12.0. The van der Waals surface area contributed by atoms with Crippen molar-refractivity contribution < 1.29 is 19.5 Å². The predicted molar refractivity (Wildman–Crippen MR) is 93.5 cm³/mol. The fourth-order valence-electron chi connectivity index (χ4n) is 2.15. The minimum absolute atomic E-state index is 0.116. The first-order valence-electron chi connectivity index (χ1n) is 7.55. The highest BCUT2D eigenvalue weighted by molar-refractivity contribution is 6.30. The van der Waals surface area contributed by atoms with Crippen LogP contribution in [0.1, 0.15) is 15.9 Å². The van der Waals surface area contributed by atoms with Gasteiger partial charge in [0.15, 0.2) is 0 Å². The molecule has 25 heavy (non-hydrogen) atoms. The maximum Gasteiger partial charge on any atom is 0.326 e. The van der Waals surface area contributed by atoms with Crippen molar-refractivity contribution in [1.29, 1.82) is 0 Å². The Hall–Kier alpha value is -2.86. The van der Waals surface area contributed by atoms with Crippen LogP contribution in [0.5, 0.6) is 0 Å². The Labute approximate surface area is 149 Å². The number of hydrogen-bond acceptors (Lipinski definition) is 3. The third kappa shape index (κ3) is 5.93. The lowest BCUT2D eigenvalue weighted by molar-refractivity contribution is -0.141. The molecule has 0 aromatic heterocycles. The Morgan fingerprint density at radius 2 is 1.64 bits per heavy atom. The molecule has 2 rings (SSSR count). The first-order valence-corrected chi connectivity index (χ1v) is 7.93. The third-order valence-electron chi connectivity index (χ3n) is 3.43. The van der Waals surface area contributed by atoms with Crippen LogP contribution in [-0.4, -0.2) is 35.5 Å². The van der Waals surface area contributed by atoms with Gasteiger partial charge in [-0.15, -0.1) is 0 Å². The lowest BCUT2D eigenvalue weighted by Crippen LogP contribution is -2.46. The number of halogens is 1. The summed E-state index contributed by atoms with van der Waals surface area (Å²) in [5.74, 6) is -2.14. The van der Waals surface area contributed by atoms with E-state index < -0.39 is 23.8 Å². The van der Waals surface area contributed by atoms with Gasteiger partial charge in [0, 0.05) is 17.0 Å². The number of benzene rings is 2. The van der Waals surface area contributed by atoms with E-state index in [0.29, 0.717) is 10.6 Å². The molecule has 6 nitrogen and oxygen atoms in total. The Morgan fingerprint density at radius 3 is 2.24 bits per heavy atom. The van der Waals surface area contributed by atoms with Gasteiger partial charge in [-0.3, -0.25) is 9.59 Å². The number of carbonyl (C=O) groups is 3. The van der Waals surface area contributed by atoms with Crippen LogP contribution in [0, 0.1) is 0 Å². The maximum atomic E-state index is 11.9. The number of amides is 2. The number of carboxylic acids is 1. The van der Waals surface area contributed by atoms with E-state index in [0.717, 1.165) is 5.56 Å². The molecule has 130 valence electrons. The SMILES string of the molecule is O=C(CNC(=O)c1ccccc1)N[C@@H](Cc1ccc(Cl)cc1)C(=O)O. The fraction of sp³-hybridized carbons (Fsp3) is 0.167. The van der Waals surface area contributed by atoms with E-state index in [2.05, 4.69) is 10.6 Å². The number of hydrogen-bond donors (Lipinski definition) is 3.